The Labute approximate surface area is 101 Å². The van der Waals surface area contributed by atoms with E-state index >= 15 is 0 Å². The molecule has 1 aromatic carbocycles. The smallest absolute Gasteiger partial charge is 0.341 e. The van der Waals surface area contributed by atoms with Crippen molar-refractivity contribution in [2.75, 3.05) is 7.11 Å². The summed E-state index contributed by atoms with van der Waals surface area (Å²) in [6.45, 7) is 1.28. The van der Waals surface area contributed by atoms with Crippen molar-refractivity contribution >= 4 is 34.5 Å². The molecule has 1 rings (SSSR count). The summed E-state index contributed by atoms with van der Waals surface area (Å²) in [5.74, 6) is -0.777. The molecule has 0 aromatic heterocycles. The van der Waals surface area contributed by atoms with Crippen molar-refractivity contribution < 1.29 is 19.1 Å². The average Bonchev–Trinajstić information content (AvgIpc) is 2.19. The van der Waals surface area contributed by atoms with Crippen LogP contribution in [-0.4, -0.2) is 19.0 Å². The number of hydrogen-bond donors (Lipinski definition) is 0. The standard InChI is InChI=1S/C10H9IO4/c1-6(12)15-9-4-3-7(11)5-8(9)10(13)14-2/h3-5H,1-2H3. The van der Waals surface area contributed by atoms with Crippen LogP contribution in [0.5, 0.6) is 5.75 Å². The van der Waals surface area contributed by atoms with Crippen molar-refractivity contribution in [2.45, 2.75) is 6.92 Å². The van der Waals surface area contributed by atoms with E-state index in [1.165, 1.54) is 14.0 Å². The Bertz CT molecular complexity index is 400. The van der Waals surface area contributed by atoms with E-state index in [0.717, 1.165) is 3.57 Å². The average molecular weight is 320 g/mol. The zero-order valence-corrected chi connectivity index (χ0v) is 10.4. The number of halogens is 1. The minimum atomic E-state index is -0.523. The van der Waals surface area contributed by atoms with Crippen LogP contribution in [0, 0.1) is 3.57 Å². The largest absolute Gasteiger partial charge is 0.465 e. The van der Waals surface area contributed by atoms with Crippen molar-refractivity contribution in [1.29, 1.82) is 0 Å². The molecule has 0 amide bonds. The van der Waals surface area contributed by atoms with E-state index in [-0.39, 0.29) is 11.3 Å². The normalized spacial score (nSPS) is 9.53. The van der Waals surface area contributed by atoms with Gasteiger partial charge < -0.3 is 9.47 Å². The highest BCUT2D eigenvalue weighted by Gasteiger charge is 2.14. The van der Waals surface area contributed by atoms with Crippen LogP contribution in [-0.2, 0) is 9.53 Å². The van der Waals surface area contributed by atoms with Gasteiger partial charge in [-0.1, -0.05) is 0 Å². The summed E-state index contributed by atoms with van der Waals surface area (Å²) in [7, 11) is 1.28. The third kappa shape index (κ3) is 3.19. The van der Waals surface area contributed by atoms with Gasteiger partial charge in [0.05, 0.1) is 7.11 Å². The third-order valence-corrected chi connectivity index (χ3v) is 2.27. The molecule has 0 fully saturated rings. The van der Waals surface area contributed by atoms with Gasteiger partial charge in [-0.25, -0.2) is 4.79 Å². The second-order valence-corrected chi connectivity index (χ2v) is 3.97. The lowest BCUT2D eigenvalue weighted by atomic mass is 10.2. The van der Waals surface area contributed by atoms with E-state index < -0.39 is 11.9 Å². The lowest BCUT2D eigenvalue weighted by Gasteiger charge is -2.07. The Balaban J connectivity index is 3.14. The van der Waals surface area contributed by atoms with E-state index in [9.17, 15) is 9.59 Å². The fourth-order valence-corrected chi connectivity index (χ4v) is 1.51. The number of esters is 2. The summed E-state index contributed by atoms with van der Waals surface area (Å²) in [5, 5.41) is 0. The Morgan fingerprint density at radius 1 is 1.33 bits per heavy atom. The summed E-state index contributed by atoms with van der Waals surface area (Å²) in [4.78, 5) is 22.1. The van der Waals surface area contributed by atoms with Crippen molar-refractivity contribution in [2.24, 2.45) is 0 Å². The summed E-state index contributed by atoms with van der Waals surface area (Å²) in [6.07, 6.45) is 0. The fraction of sp³-hybridized carbons (Fsp3) is 0.200. The molecule has 0 spiro atoms. The number of hydrogen-bond acceptors (Lipinski definition) is 4. The van der Waals surface area contributed by atoms with E-state index in [1.54, 1.807) is 18.2 Å². The summed E-state index contributed by atoms with van der Waals surface area (Å²) < 4.78 is 10.3. The molecule has 0 atom stereocenters. The third-order valence-electron chi connectivity index (χ3n) is 1.60. The number of rotatable bonds is 2. The fourth-order valence-electron chi connectivity index (χ4n) is 1.02. The maximum absolute atomic E-state index is 11.4. The van der Waals surface area contributed by atoms with E-state index in [4.69, 9.17) is 4.74 Å². The van der Waals surface area contributed by atoms with Gasteiger partial charge in [0, 0.05) is 10.5 Å². The van der Waals surface area contributed by atoms with Gasteiger partial charge in [0.1, 0.15) is 11.3 Å². The predicted octanol–water partition coefficient (Wildman–Crippen LogP) is 2.00. The number of benzene rings is 1. The highest BCUT2D eigenvalue weighted by molar-refractivity contribution is 14.1. The summed E-state index contributed by atoms with van der Waals surface area (Å²) in [6, 6.07) is 4.91. The molecule has 0 bridgehead atoms. The molecule has 0 radical (unpaired) electrons. The minimum absolute atomic E-state index is 0.217. The molecule has 0 aliphatic carbocycles. The van der Waals surface area contributed by atoms with Crippen molar-refractivity contribution in [3.05, 3.63) is 27.3 Å². The van der Waals surface area contributed by atoms with Crippen LogP contribution in [0.3, 0.4) is 0 Å². The van der Waals surface area contributed by atoms with Crippen LogP contribution in [0.15, 0.2) is 18.2 Å². The quantitative estimate of drug-likeness (QED) is 0.475. The second-order valence-electron chi connectivity index (χ2n) is 2.73. The SMILES string of the molecule is COC(=O)c1cc(I)ccc1OC(C)=O. The molecule has 5 heteroatoms. The molecule has 0 saturated heterocycles. The lowest BCUT2D eigenvalue weighted by molar-refractivity contribution is -0.131. The van der Waals surface area contributed by atoms with Crippen LogP contribution in [0.2, 0.25) is 0 Å². The first-order valence-electron chi connectivity index (χ1n) is 4.11. The molecule has 0 heterocycles. The van der Waals surface area contributed by atoms with E-state index in [2.05, 4.69) is 27.3 Å². The van der Waals surface area contributed by atoms with Crippen LogP contribution in [0.25, 0.3) is 0 Å². The van der Waals surface area contributed by atoms with E-state index in [1.807, 2.05) is 0 Å². The van der Waals surface area contributed by atoms with E-state index in [0.29, 0.717) is 0 Å². The predicted molar refractivity (Wildman–Crippen MR) is 61.8 cm³/mol. The Morgan fingerprint density at radius 2 is 2.00 bits per heavy atom. The maximum atomic E-state index is 11.4. The Kier molecular flexibility index (Phi) is 4.07. The Morgan fingerprint density at radius 3 is 2.53 bits per heavy atom. The van der Waals surface area contributed by atoms with Gasteiger partial charge in [0.15, 0.2) is 0 Å². The number of ether oxygens (including phenoxy) is 2. The zero-order chi connectivity index (χ0) is 11.4. The first-order chi connectivity index (χ1) is 7.04. The highest BCUT2D eigenvalue weighted by atomic mass is 127. The number of carbonyl (C=O) groups excluding carboxylic acids is 2. The van der Waals surface area contributed by atoms with Crippen LogP contribution >= 0.6 is 22.6 Å². The van der Waals surface area contributed by atoms with Gasteiger partial charge in [-0.3, -0.25) is 4.79 Å². The minimum Gasteiger partial charge on any atom is -0.465 e. The van der Waals surface area contributed by atoms with Crippen molar-refractivity contribution in [3.63, 3.8) is 0 Å². The molecule has 80 valence electrons. The lowest BCUT2D eigenvalue weighted by Crippen LogP contribution is -2.09. The Hall–Kier alpha value is -1.11. The number of methoxy groups -OCH3 is 1. The molecule has 1 aromatic rings. The topological polar surface area (TPSA) is 52.6 Å². The molecular formula is C10H9IO4. The number of carbonyl (C=O) groups is 2. The molecule has 0 aliphatic rings. The molecular weight excluding hydrogens is 311 g/mol. The highest BCUT2D eigenvalue weighted by Crippen LogP contribution is 2.22. The molecule has 0 saturated carbocycles. The molecule has 0 unspecified atom stereocenters. The molecule has 4 nitrogen and oxygen atoms in total. The monoisotopic (exact) mass is 320 g/mol. The zero-order valence-electron chi connectivity index (χ0n) is 8.24. The van der Waals surface area contributed by atoms with Crippen LogP contribution < -0.4 is 4.74 Å². The maximum Gasteiger partial charge on any atom is 0.341 e. The first kappa shape index (κ1) is 12.0. The van der Waals surface area contributed by atoms with Crippen molar-refractivity contribution in [3.8, 4) is 5.75 Å². The molecule has 0 N–H and O–H groups in total. The summed E-state index contributed by atoms with van der Waals surface area (Å²) >= 11 is 2.06. The van der Waals surface area contributed by atoms with Gasteiger partial charge in [0.2, 0.25) is 0 Å². The first-order valence-corrected chi connectivity index (χ1v) is 5.18. The second kappa shape index (κ2) is 5.11. The summed E-state index contributed by atoms with van der Waals surface area (Å²) in [5.41, 5.74) is 0.250. The van der Waals surface area contributed by atoms with Gasteiger partial charge >= 0.3 is 11.9 Å². The molecule has 15 heavy (non-hydrogen) atoms. The van der Waals surface area contributed by atoms with Crippen LogP contribution in [0.4, 0.5) is 0 Å². The van der Waals surface area contributed by atoms with Gasteiger partial charge in [-0.15, -0.1) is 0 Å². The van der Waals surface area contributed by atoms with Crippen molar-refractivity contribution in [1.82, 2.24) is 0 Å². The van der Waals surface area contributed by atoms with Crippen LogP contribution in [0.1, 0.15) is 17.3 Å². The van der Waals surface area contributed by atoms with Gasteiger partial charge in [0.25, 0.3) is 0 Å². The van der Waals surface area contributed by atoms with Gasteiger partial charge in [-0.2, -0.15) is 0 Å². The molecule has 0 aliphatic heterocycles. The van der Waals surface area contributed by atoms with Gasteiger partial charge in [-0.05, 0) is 40.8 Å².